The van der Waals surface area contributed by atoms with E-state index in [1.807, 2.05) is 0 Å². The van der Waals surface area contributed by atoms with Crippen molar-refractivity contribution < 1.29 is 9.13 Å². The molecule has 1 fully saturated rings. The van der Waals surface area contributed by atoms with Crippen LogP contribution in [0, 0.1) is 5.92 Å². The maximum absolute atomic E-state index is 12.0. The minimum atomic E-state index is 0.676. The minimum Gasteiger partial charge on any atom is -0.494 e. The fraction of sp³-hybridized carbons (Fsp3) is 0.600. The van der Waals surface area contributed by atoms with Crippen molar-refractivity contribution in [3.05, 3.63) is 42.2 Å². The van der Waals surface area contributed by atoms with Crippen LogP contribution in [-0.2, 0) is 0 Å². The molecule has 1 nitrogen and oxygen atoms in total. The van der Waals surface area contributed by atoms with E-state index in [1.165, 1.54) is 37.7 Å². The van der Waals surface area contributed by atoms with Crippen LogP contribution in [0.25, 0.3) is 0 Å². The molecule has 122 valence electrons. The van der Waals surface area contributed by atoms with E-state index in [0.29, 0.717) is 12.2 Å². The van der Waals surface area contributed by atoms with Crippen LogP contribution in [-0.4, -0.2) is 6.61 Å². The van der Waals surface area contributed by atoms with Crippen LogP contribution in [0.5, 0.6) is 5.75 Å². The Labute approximate surface area is 134 Å². The Morgan fingerprint density at radius 3 is 2.50 bits per heavy atom. The summed E-state index contributed by atoms with van der Waals surface area (Å²) < 4.78 is 17.7. The summed E-state index contributed by atoms with van der Waals surface area (Å²) in [5.74, 6) is 2.46. The zero-order valence-electron chi connectivity index (χ0n) is 13.8. The molecule has 0 bridgehead atoms. The number of hydrogen-bond acceptors (Lipinski definition) is 1. The van der Waals surface area contributed by atoms with E-state index in [0.717, 1.165) is 37.5 Å². The Hall–Kier alpha value is -1.31. The summed E-state index contributed by atoms with van der Waals surface area (Å²) in [7, 11) is 0. The van der Waals surface area contributed by atoms with Gasteiger partial charge >= 0.3 is 0 Å². The van der Waals surface area contributed by atoms with Gasteiger partial charge in [-0.2, -0.15) is 0 Å². The number of unbranched alkanes of at least 4 members (excludes halogenated alkanes) is 1. The lowest BCUT2D eigenvalue weighted by molar-refractivity contribution is 0.306. The number of rotatable bonds is 8. The standard InChI is InChI=1S/C20H29FO/c1-2-3-16-22-20-13-11-19(12-14-20)18-9-7-17(8-10-18)6-4-5-15-21/h5,11-15,17-18H,2-4,6-10,16H2,1H3/t17-,18-. The first-order valence-corrected chi connectivity index (χ1v) is 8.81. The first-order valence-electron chi connectivity index (χ1n) is 8.81. The second-order valence-corrected chi connectivity index (χ2v) is 6.43. The number of ether oxygens (including phenoxy) is 1. The summed E-state index contributed by atoms with van der Waals surface area (Å²) in [6.45, 7) is 2.99. The smallest absolute Gasteiger partial charge is 0.119 e. The molecule has 22 heavy (non-hydrogen) atoms. The molecule has 0 unspecified atom stereocenters. The van der Waals surface area contributed by atoms with E-state index in [4.69, 9.17) is 4.74 Å². The fourth-order valence-corrected chi connectivity index (χ4v) is 3.35. The fourth-order valence-electron chi connectivity index (χ4n) is 3.35. The van der Waals surface area contributed by atoms with Crippen molar-refractivity contribution in [3.63, 3.8) is 0 Å². The number of benzene rings is 1. The van der Waals surface area contributed by atoms with E-state index in [2.05, 4.69) is 31.2 Å². The van der Waals surface area contributed by atoms with Crippen LogP contribution < -0.4 is 4.74 Å². The van der Waals surface area contributed by atoms with Crippen molar-refractivity contribution in [1.82, 2.24) is 0 Å². The normalized spacial score (nSPS) is 22.1. The molecule has 0 saturated heterocycles. The molecule has 0 aromatic heterocycles. The molecule has 1 aromatic carbocycles. The molecule has 1 saturated carbocycles. The van der Waals surface area contributed by atoms with Gasteiger partial charge in [-0.15, -0.1) is 0 Å². The highest BCUT2D eigenvalue weighted by atomic mass is 19.1. The van der Waals surface area contributed by atoms with Crippen LogP contribution in [0.15, 0.2) is 36.7 Å². The van der Waals surface area contributed by atoms with Crippen molar-refractivity contribution in [2.24, 2.45) is 5.92 Å². The third-order valence-corrected chi connectivity index (χ3v) is 4.80. The molecular weight excluding hydrogens is 275 g/mol. The summed E-state index contributed by atoms with van der Waals surface area (Å²) in [5.41, 5.74) is 1.45. The lowest BCUT2D eigenvalue weighted by atomic mass is 9.77. The monoisotopic (exact) mass is 304 g/mol. The summed E-state index contributed by atoms with van der Waals surface area (Å²) in [6, 6.07) is 8.70. The van der Waals surface area contributed by atoms with Gasteiger partial charge in [-0.05, 0) is 74.5 Å². The van der Waals surface area contributed by atoms with Gasteiger partial charge in [0.25, 0.3) is 0 Å². The quantitative estimate of drug-likeness (QED) is 0.505. The Bertz CT molecular complexity index is 430. The highest BCUT2D eigenvalue weighted by Gasteiger charge is 2.21. The second-order valence-electron chi connectivity index (χ2n) is 6.43. The van der Waals surface area contributed by atoms with Gasteiger partial charge in [-0.1, -0.05) is 31.6 Å². The van der Waals surface area contributed by atoms with Crippen molar-refractivity contribution >= 4 is 0 Å². The van der Waals surface area contributed by atoms with Gasteiger partial charge in [-0.3, -0.25) is 0 Å². The van der Waals surface area contributed by atoms with Gasteiger partial charge < -0.3 is 4.74 Å². The predicted molar refractivity (Wildman–Crippen MR) is 91.0 cm³/mol. The van der Waals surface area contributed by atoms with Gasteiger partial charge in [0.2, 0.25) is 0 Å². The Morgan fingerprint density at radius 2 is 1.86 bits per heavy atom. The van der Waals surface area contributed by atoms with Crippen molar-refractivity contribution in [2.75, 3.05) is 6.61 Å². The molecule has 0 aliphatic heterocycles. The Kier molecular flexibility index (Phi) is 7.48. The van der Waals surface area contributed by atoms with Gasteiger partial charge in [0, 0.05) is 0 Å². The molecule has 0 N–H and O–H groups in total. The van der Waals surface area contributed by atoms with Crippen LogP contribution >= 0.6 is 0 Å². The molecule has 1 aromatic rings. The number of allylic oxidation sites excluding steroid dienone is 1. The molecule has 1 aliphatic carbocycles. The first kappa shape index (κ1) is 17.1. The van der Waals surface area contributed by atoms with Gasteiger partial charge in [0.05, 0.1) is 12.9 Å². The van der Waals surface area contributed by atoms with E-state index in [-0.39, 0.29) is 0 Å². The maximum atomic E-state index is 12.0. The third-order valence-electron chi connectivity index (χ3n) is 4.80. The lowest BCUT2D eigenvalue weighted by Gasteiger charge is -2.28. The van der Waals surface area contributed by atoms with Crippen LogP contribution in [0.4, 0.5) is 4.39 Å². The molecule has 0 radical (unpaired) electrons. The van der Waals surface area contributed by atoms with Gasteiger partial charge in [0.15, 0.2) is 0 Å². The van der Waals surface area contributed by atoms with Gasteiger partial charge in [0.1, 0.15) is 5.75 Å². The lowest BCUT2D eigenvalue weighted by Crippen LogP contribution is -2.13. The molecule has 0 atom stereocenters. The topological polar surface area (TPSA) is 9.23 Å². The average Bonchev–Trinajstić information content (AvgIpc) is 2.57. The molecule has 0 heterocycles. The average molecular weight is 304 g/mol. The highest BCUT2D eigenvalue weighted by molar-refractivity contribution is 5.29. The second kappa shape index (κ2) is 9.66. The molecule has 1 aliphatic rings. The van der Waals surface area contributed by atoms with E-state index in [9.17, 15) is 4.39 Å². The first-order chi connectivity index (χ1) is 10.8. The van der Waals surface area contributed by atoms with Crippen LogP contribution in [0.1, 0.15) is 69.8 Å². The zero-order chi connectivity index (χ0) is 15.6. The minimum absolute atomic E-state index is 0.676. The summed E-state index contributed by atoms with van der Waals surface area (Å²) in [6.07, 6.45) is 11.7. The molecule has 2 rings (SSSR count). The van der Waals surface area contributed by atoms with E-state index in [1.54, 1.807) is 6.08 Å². The summed E-state index contributed by atoms with van der Waals surface area (Å²) in [4.78, 5) is 0. The van der Waals surface area contributed by atoms with Crippen molar-refractivity contribution in [3.8, 4) is 5.75 Å². The zero-order valence-corrected chi connectivity index (χ0v) is 13.8. The summed E-state index contributed by atoms with van der Waals surface area (Å²) >= 11 is 0. The predicted octanol–water partition coefficient (Wildman–Crippen LogP) is 6.40. The Morgan fingerprint density at radius 1 is 1.14 bits per heavy atom. The number of halogens is 1. The molecule has 0 spiro atoms. The Balaban J connectivity index is 1.76. The van der Waals surface area contributed by atoms with Crippen molar-refractivity contribution in [2.45, 2.75) is 64.2 Å². The van der Waals surface area contributed by atoms with E-state index < -0.39 is 0 Å². The SMILES string of the molecule is CCCCOc1ccc([C@H]2CC[C@H](CCC=CF)CC2)cc1. The molecular formula is C20H29FO. The van der Waals surface area contributed by atoms with Crippen LogP contribution in [0.2, 0.25) is 0 Å². The third kappa shape index (κ3) is 5.47. The van der Waals surface area contributed by atoms with Crippen LogP contribution in [0.3, 0.4) is 0 Å². The van der Waals surface area contributed by atoms with E-state index >= 15 is 0 Å². The molecule has 0 amide bonds. The number of hydrogen-bond donors (Lipinski definition) is 0. The highest BCUT2D eigenvalue weighted by Crippen LogP contribution is 2.37. The largest absolute Gasteiger partial charge is 0.494 e. The summed E-state index contributed by atoms with van der Waals surface area (Å²) in [5, 5.41) is 0. The van der Waals surface area contributed by atoms with Gasteiger partial charge in [-0.25, -0.2) is 4.39 Å². The maximum Gasteiger partial charge on any atom is 0.119 e. The molecule has 2 heteroatoms. The van der Waals surface area contributed by atoms with Crippen molar-refractivity contribution in [1.29, 1.82) is 0 Å².